The first-order chi connectivity index (χ1) is 10.8. The lowest BCUT2D eigenvalue weighted by Crippen LogP contribution is -2.39. The number of nitrogens with one attached hydrogen (secondary N) is 1. The molecule has 0 fully saturated rings. The van der Waals surface area contributed by atoms with Crippen LogP contribution in [0.2, 0.25) is 0 Å². The molecule has 1 aliphatic rings. The summed E-state index contributed by atoms with van der Waals surface area (Å²) in [5.74, 6) is -0.0125. The summed E-state index contributed by atoms with van der Waals surface area (Å²) in [6.45, 7) is 8.19. The highest BCUT2D eigenvalue weighted by atomic mass is 32.2. The van der Waals surface area contributed by atoms with Crippen LogP contribution in [0.5, 0.6) is 0 Å². The van der Waals surface area contributed by atoms with E-state index in [0.717, 1.165) is 23.4 Å². The van der Waals surface area contributed by atoms with Crippen LogP contribution in [-0.4, -0.2) is 35.4 Å². The van der Waals surface area contributed by atoms with Crippen LogP contribution in [0, 0.1) is 5.92 Å². The first-order valence-corrected chi connectivity index (χ1v) is 10.4. The van der Waals surface area contributed by atoms with Gasteiger partial charge in [0.15, 0.2) is 5.13 Å². The number of carbonyl (C=O) groups excluding carboxylic acids is 1. The van der Waals surface area contributed by atoms with Gasteiger partial charge in [0.25, 0.3) is 0 Å². The van der Waals surface area contributed by atoms with E-state index in [4.69, 9.17) is 0 Å². The summed E-state index contributed by atoms with van der Waals surface area (Å²) in [6, 6.07) is 0. The van der Waals surface area contributed by atoms with E-state index in [1.165, 1.54) is 15.6 Å². The molecule has 0 aromatic carbocycles. The van der Waals surface area contributed by atoms with Crippen LogP contribution in [0.25, 0.3) is 0 Å². The van der Waals surface area contributed by atoms with Crippen molar-refractivity contribution in [3.63, 3.8) is 0 Å². The molecule has 0 saturated carbocycles. The summed E-state index contributed by atoms with van der Waals surface area (Å²) in [7, 11) is -3.25. The summed E-state index contributed by atoms with van der Waals surface area (Å²) in [5, 5.41) is 3.03. The van der Waals surface area contributed by atoms with E-state index in [1.54, 1.807) is 13.8 Å². The predicted octanol–water partition coefficient (Wildman–Crippen LogP) is 2.61. The molecule has 23 heavy (non-hydrogen) atoms. The molecule has 0 radical (unpaired) electrons. The highest BCUT2D eigenvalue weighted by Gasteiger charge is 2.31. The number of hydrogen-bond donors (Lipinski definition) is 1. The molecule has 0 unspecified atom stereocenters. The number of rotatable bonds is 6. The van der Waals surface area contributed by atoms with Gasteiger partial charge in [-0.15, -0.1) is 11.3 Å². The fraction of sp³-hybridized carbons (Fsp3) is 0.733. The van der Waals surface area contributed by atoms with Gasteiger partial charge in [-0.3, -0.25) is 4.79 Å². The van der Waals surface area contributed by atoms with Gasteiger partial charge in [-0.1, -0.05) is 13.8 Å². The Balaban J connectivity index is 2.12. The molecule has 130 valence electrons. The molecule has 0 bridgehead atoms. The summed E-state index contributed by atoms with van der Waals surface area (Å²) in [4.78, 5) is 17.5. The van der Waals surface area contributed by atoms with E-state index in [-0.39, 0.29) is 11.8 Å². The van der Waals surface area contributed by atoms with E-state index < -0.39 is 15.3 Å². The second-order valence-corrected chi connectivity index (χ2v) is 9.64. The van der Waals surface area contributed by atoms with Gasteiger partial charge in [0.05, 0.1) is 10.9 Å². The zero-order valence-corrected chi connectivity index (χ0v) is 15.8. The molecule has 0 saturated heterocycles. The van der Waals surface area contributed by atoms with Crippen LogP contribution in [0.4, 0.5) is 5.13 Å². The molecule has 0 atom stereocenters. The molecular weight excluding hydrogens is 334 g/mol. The van der Waals surface area contributed by atoms with E-state index in [2.05, 4.69) is 10.3 Å². The van der Waals surface area contributed by atoms with Gasteiger partial charge in [0.1, 0.15) is 0 Å². The Bertz CT molecular complexity index is 664. The van der Waals surface area contributed by atoms with Crippen molar-refractivity contribution in [2.45, 2.75) is 58.8 Å². The first kappa shape index (κ1) is 18.4. The number of nitrogens with zero attached hydrogens (tertiary/aromatic N) is 2. The second-order valence-electron chi connectivity index (χ2n) is 6.07. The second kappa shape index (κ2) is 7.27. The lowest BCUT2D eigenvalue weighted by Gasteiger charge is -2.26. The number of thiazole rings is 1. The number of anilines is 1. The van der Waals surface area contributed by atoms with Gasteiger partial charge >= 0.3 is 0 Å². The molecule has 2 rings (SSSR count). The Morgan fingerprint density at radius 3 is 2.57 bits per heavy atom. The summed E-state index contributed by atoms with van der Waals surface area (Å²) in [6.07, 6.45) is 2.19. The number of hydrogen-bond acceptors (Lipinski definition) is 5. The van der Waals surface area contributed by atoms with Crippen LogP contribution in [-0.2, 0) is 27.8 Å². The number of carbonyl (C=O) groups is 1. The average Bonchev–Trinajstić information content (AvgIpc) is 2.89. The average molecular weight is 360 g/mol. The normalized spacial score (nSPS) is 15.9. The molecule has 0 spiro atoms. The van der Waals surface area contributed by atoms with E-state index in [9.17, 15) is 13.2 Å². The topological polar surface area (TPSA) is 79.4 Å². The Kier molecular flexibility index (Phi) is 5.80. The Morgan fingerprint density at radius 2 is 2.00 bits per heavy atom. The van der Waals surface area contributed by atoms with E-state index in [0.29, 0.717) is 24.6 Å². The monoisotopic (exact) mass is 359 g/mol. The Labute approximate surface area is 142 Å². The molecule has 1 aromatic rings. The Hall–Kier alpha value is -0.990. The maximum absolute atomic E-state index is 12.3. The molecule has 8 heteroatoms. The lowest BCUT2D eigenvalue weighted by molar-refractivity contribution is -0.120. The summed E-state index contributed by atoms with van der Waals surface area (Å²) in [5.41, 5.74) is 0.907. The maximum Gasteiger partial charge on any atom is 0.229 e. The molecule has 6 nitrogen and oxygen atoms in total. The van der Waals surface area contributed by atoms with Crippen LogP contribution in [0.3, 0.4) is 0 Å². The molecule has 2 heterocycles. The van der Waals surface area contributed by atoms with Crippen molar-refractivity contribution in [2.24, 2.45) is 5.92 Å². The predicted molar refractivity (Wildman–Crippen MR) is 93.0 cm³/mol. The standard InChI is InChI=1S/C15H25N3O3S2/c1-5-11(6-2)14(19)17-15-16-12-7-8-18(9-13(12)22-15)23(20,21)10(3)4/h10-11H,5-9H2,1-4H3,(H,16,17,19). The van der Waals surface area contributed by atoms with Gasteiger partial charge in [-0.25, -0.2) is 13.4 Å². The molecule has 1 aromatic heterocycles. The quantitative estimate of drug-likeness (QED) is 0.847. The molecule has 0 aliphatic carbocycles. The third-order valence-corrected chi connectivity index (χ3v) is 7.46. The SMILES string of the molecule is CCC(CC)C(=O)Nc1nc2c(s1)CN(S(=O)(=O)C(C)C)CC2. The number of aromatic nitrogens is 1. The van der Waals surface area contributed by atoms with Crippen molar-refractivity contribution < 1.29 is 13.2 Å². The van der Waals surface area contributed by atoms with Gasteiger partial charge < -0.3 is 5.32 Å². The molecule has 1 amide bonds. The Morgan fingerprint density at radius 1 is 1.35 bits per heavy atom. The van der Waals surface area contributed by atoms with Gasteiger partial charge in [0.2, 0.25) is 15.9 Å². The van der Waals surface area contributed by atoms with Crippen molar-refractivity contribution in [3.05, 3.63) is 10.6 Å². The molecule has 1 aliphatic heterocycles. The van der Waals surface area contributed by atoms with Crippen LogP contribution in [0.15, 0.2) is 0 Å². The zero-order chi connectivity index (χ0) is 17.2. The van der Waals surface area contributed by atoms with E-state index in [1.807, 2.05) is 13.8 Å². The van der Waals surface area contributed by atoms with Gasteiger partial charge in [-0.05, 0) is 26.7 Å². The highest BCUT2D eigenvalue weighted by molar-refractivity contribution is 7.89. The van der Waals surface area contributed by atoms with Gasteiger partial charge in [-0.2, -0.15) is 4.31 Å². The van der Waals surface area contributed by atoms with Crippen LogP contribution >= 0.6 is 11.3 Å². The van der Waals surface area contributed by atoms with Crippen molar-refractivity contribution in [3.8, 4) is 0 Å². The van der Waals surface area contributed by atoms with Crippen molar-refractivity contribution in [2.75, 3.05) is 11.9 Å². The van der Waals surface area contributed by atoms with Crippen molar-refractivity contribution in [1.29, 1.82) is 0 Å². The van der Waals surface area contributed by atoms with Crippen molar-refractivity contribution >= 4 is 32.4 Å². The third-order valence-electron chi connectivity index (χ3n) is 4.24. The minimum absolute atomic E-state index is 0.00579. The number of fused-ring (bicyclic) bond motifs is 1. The minimum Gasteiger partial charge on any atom is -0.302 e. The largest absolute Gasteiger partial charge is 0.302 e. The molecular formula is C15H25N3O3S2. The third kappa shape index (κ3) is 3.92. The van der Waals surface area contributed by atoms with Crippen LogP contribution < -0.4 is 5.32 Å². The first-order valence-electron chi connectivity index (χ1n) is 8.07. The molecule has 1 N–H and O–H groups in total. The van der Waals surface area contributed by atoms with Crippen molar-refractivity contribution in [1.82, 2.24) is 9.29 Å². The summed E-state index contributed by atoms with van der Waals surface area (Å²) >= 11 is 1.38. The smallest absolute Gasteiger partial charge is 0.229 e. The lowest BCUT2D eigenvalue weighted by atomic mass is 10.0. The van der Waals surface area contributed by atoms with E-state index >= 15 is 0 Å². The summed E-state index contributed by atoms with van der Waals surface area (Å²) < 4.78 is 26.1. The number of sulfonamides is 1. The fourth-order valence-electron chi connectivity index (χ4n) is 2.61. The maximum atomic E-state index is 12.3. The highest BCUT2D eigenvalue weighted by Crippen LogP contribution is 2.30. The van der Waals surface area contributed by atoms with Gasteiger partial charge in [0, 0.05) is 30.3 Å². The van der Waals surface area contributed by atoms with Crippen LogP contribution in [0.1, 0.15) is 51.1 Å². The number of amides is 1. The minimum atomic E-state index is -3.25. The zero-order valence-electron chi connectivity index (χ0n) is 14.1. The fourth-order valence-corrected chi connectivity index (χ4v) is 4.97.